The van der Waals surface area contributed by atoms with Gasteiger partial charge in [-0.05, 0) is 29.8 Å². The lowest BCUT2D eigenvalue weighted by Gasteiger charge is -2.08. The second kappa shape index (κ2) is 4.40. The quantitative estimate of drug-likeness (QED) is 0.768. The van der Waals surface area contributed by atoms with Crippen molar-refractivity contribution in [1.82, 2.24) is 15.0 Å². The molecule has 0 radical (unpaired) electrons. The maximum absolute atomic E-state index is 6.04. The Balaban J connectivity index is 2.29. The third-order valence-corrected chi connectivity index (χ3v) is 3.08. The van der Waals surface area contributed by atoms with Crippen molar-refractivity contribution in [2.75, 3.05) is 0 Å². The molecule has 1 heterocycles. The standard InChI is InChI=1S/C13H11ClN4/c14-10-6-5-9(8-15)13(7-10)18-12-4-2-1-3-11(12)16-17-18/h1-7H,8,15H2. The number of para-hydroxylation sites is 1. The van der Waals surface area contributed by atoms with Crippen LogP contribution in [0.3, 0.4) is 0 Å². The second-order valence-electron chi connectivity index (χ2n) is 3.97. The first-order valence-electron chi connectivity index (χ1n) is 5.59. The predicted octanol–water partition coefficient (Wildman–Crippen LogP) is 2.53. The van der Waals surface area contributed by atoms with Crippen molar-refractivity contribution in [2.24, 2.45) is 5.73 Å². The molecule has 0 aliphatic rings. The van der Waals surface area contributed by atoms with Crippen LogP contribution >= 0.6 is 11.6 Å². The highest BCUT2D eigenvalue weighted by Gasteiger charge is 2.09. The number of aromatic nitrogens is 3. The van der Waals surface area contributed by atoms with E-state index < -0.39 is 0 Å². The Kier molecular flexibility index (Phi) is 2.74. The van der Waals surface area contributed by atoms with Crippen molar-refractivity contribution in [2.45, 2.75) is 6.54 Å². The zero-order valence-electron chi connectivity index (χ0n) is 9.55. The highest BCUT2D eigenvalue weighted by molar-refractivity contribution is 6.30. The molecule has 0 aliphatic heterocycles. The van der Waals surface area contributed by atoms with Gasteiger partial charge in [0.1, 0.15) is 5.52 Å². The number of benzene rings is 2. The minimum atomic E-state index is 0.431. The summed E-state index contributed by atoms with van der Waals surface area (Å²) in [7, 11) is 0. The van der Waals surface area contributed by atoms with E-state index in [9.17, 15) is 0 Å². The van der Waals surface area contributed by atoms with Gasteiger partial charge >= 0.3 is 0 Å². The number of halogens is 1. The first-order chi connectivity index (χ1) is 8.79. The van der Waals surface area contributed by atoms with Crippen molar-refractivity contribution in [3.8, 4) is 5.69 Å². The summed E-state index contributed by atoms with van der Waals surface area (Å²) in [4.78, 5) is 0. The number of nitrogens with two attached hydrogens (primary N) is 1. The van der Waals surface area contributed by atoms with Crippen molar-refractivity contribution in [3.63, 3.8) is 0 Å². The zero-order chi connectivity index (χ0) is 12.5. The minimum absolute atomic E-state index is 0.431. The summed E-state index contributed by atoms with van der Waals surface area (Å²) in [5.74, 6) is 0. The van der Waals surface area contributed by atoms with Crippen LogP contribution in [0.15, 0.2) is 42.5 Å². The van der Waals surface area contributed by atoms with Gasteiger partial charge in [0.15, 0.2) is 0 Å². The van der Waals surface area contributed by atoms with Gasteiger partial charge in [0.25, 0.3) is 0 Å². The average molecular weight is 259 g/mol. The summed E-state index contributed by atoms with van der Waals surface area (Å²) in [5, 5.41) is 8.95. The van der Waals surface area contributed by atoms with Crippen LogP contribution in [0.25, 0.3) is 16.7 Å². The lowest BCUT2D eigenvalue weighted by atomic mass is 10.1. The molecule has 0 spiro atoms. The fourth-order valence-corrected chi connectivity index (χ4v) is 2.12. The Morgan fingerprint density at radius 2 is 2.00 bits per heavy atom. The number of nitrogens with zero attached hydrogens (tertiary/aromatic N) is 3. The smallest absolute Gasteiger partial charge is 0.113 e. The van der Waals surface area contributed by atoms with E-state index in [1.807, 2.05) is 42.5 Å². The fourth-order valence-electron chi connectivity index (χ4n) is 1.95. The number of hydrogen-bond donors (Lipinski definition) is 1. The summed E-state index contributed by atoms with van der Waals surface area (Å²) < 4.78 is 1.77. The van der Waals surface area contributed by atoms with Crippen LogP contribution in [-0.4, -0.2) is 15.0 Å². The molecule has 2 aromatic carbocycles. The fraction of sp³-hybridized carbons (Fsp3) is 0.0769. The third kappa shape index (κ3) is 1.75. The van der Waals surface area contributed by atoms with Gasteiger partial charge in [-0.2, -0.15) is 0 Å². The Hall–Kier alpha value is -1.91. The summed E-state index contributed by atoms with van der Waals surface area (Å²) in [6.07, 6.45) is 0. The van der Waals surface area contributed by atoms with Gasteiger partial charge in [-0.25, -0.2) is 4.68 Å². The SMILES string of the molecule is NCc1ccc(Cl)cc1-n1nnc2ccccc21. The molecule has 3 aromatic rings. The minimum Gasteiger partial charge on any atom is -0.326 e. The lowest BCUT2D eigenvalue weighted by Crippen LogP contribution is -2.05. The number of fused-ring (bicyclic) bond motifs is 1. The maximum Gasteiger partial charge on any atom is 0.113 e. The van der Waals surface area contributed by atoms with E-state index in [1.54, 1.807) is 4.68 Å². The van der Waals surface area contributed by atoms with E-state index in [4.69, 9.17) is 17.3 Å². The summed E-state index contributed by atoms with van der Waals surface area (Å²) in [6.45, 7) is 0.431. The van der Waals surface area contributed by atoms with Crippen LogP contribution in [0.4, 0.5) is 0 Å². The molecule has 2 N–H and O–H groups in total. The molecule has 4 nitrogen and oxygen atoms in total. The molecule has 0 fully saturated rings. The molecule has 5 heteroatoms. The molecule has 0 saturated carbocycles. The molecule has 0 atom stereocenters. The van der Waals surface area contributed by atoms with Gasteiger partial charge in [0, 0.05) is 11.6 Å². The Bertz CT molecular complexity index is 705. The van der Waals surface area contributed by atoms with Crippen LogP contribution < -0.4 is 5.73 Å². The normalized spacial score (nSPS) is 11.0. The number of rotatable bonds is 2. The van der Waals surface area contributed by atoms with Crippen molar-refractivity contribution >= 4 is 22.6 Å². The molecule has 0 amide bonds. The van der Waals surface area contributed by atoms with Gasteiger partial charge in [-0.1, -0.05) is 35.0 Å². The molecule has 0 saturated heterocycles. The molecule has 0 aliphatic carbocycles. The monoisotopic (exact) mass is 258 g/mol. The molecular weight excluding hydrogens is 248 g/mol. The Morgan fingerprint density at radius 3 is 2.83 bits per heavy atom. The van der Waals surface area contributed by atoms with Crippen molar-refractivity contribution in [1.29, 1.82) is 0 Å². The molecule has 0 unspecified atom stereocenters. The maximum atomic E-state index is 6.04. The molecule has 3 rings (SSSR count). The summed E-state index contributed by atoms with van der Waals surface area (Å²) in [6, 6.07) is 13.4. The van der Waals surface area contributed by atoms with Crippen LogP contribution in [0, 0.1) is 0 Å². The van der Waals surface area contributed by atoms with Crippen molar-refractivity contribution in [3.05, 3.63) is 53.1 Å². The molecule has 90 valence electrons. The molecule has 18 heavy (non-hydrogen) atoms. The van der Waals surface area contributed by atoms with Crippen LogP contribution in [-0.2, 0) is 6.54 Å². The summed E-state index contributed by atoms with van der Waals surface area (Å²) >= 11 is 6.04. The predicted molar refractivity (Wildman–Crippen MR) is 71.8 cm³/mol. The van der Waals surface area contributed by atoms with Crippen LogP contribution in [0.2, 0.25) is 5.02 Å². The van der Waals surface area contributed by atoms with Gasteiger partial charge in [-0.3, -0.25) is 0 Å². The molecule has 0 bridgehead atoms. The highest BCUT2D eigenvalue weighted by atomic mass is 35.5. The van der Waals surface area contributed by atoms with Crippen LogP contribution in [0.1, 0.15) is 5.56 Å². The van der Waals surface area contributed by atoms with E-state index in [2.05, 4.69) is 10.3 Å². The van der Waals surface area contributed by atoms with Gasteiger partial charge < -0.3 is 5.73 Å². The van der Waals surface area contributed by atoms with Gasteiger partial charge in [-0.15, -0.1) is 5.10 Å². The van der Waals surface area contributed by atoms with E-state index in [-0.39, 0.29) is 0 Å². The van der Waals surface area contributed by atoms with Gasteiger partial charge in [0.05, 0.1) is 11.2 Å². The van der Waals surface area contributed by atoms with E-state index in [0.29, 0.717) is 11.6 Å². The Morgan fingerprint density at radius 1 is 1.17 bits per heavy atom. The van der Waals surface area contributed by atoms with E-state index in [0.717, 1.165) is 22.3 Å². The zero-order valence-corrected chi connectivity index (χ0v) is 10.3. The Labute approximate surface area is 109 Å². The van der Waals surface area contributed by atoms with Gasteiger partial charge in [0.2, 0.25) is 0 Å². The lowest BCUT2D eigenvalue weighted by molar-refractivity contribution is 0.811. The topological polar surface area (TPSA) is 56.7 Å². The van der Waals surface area contributed by atoms with Crippen LogP contribution in [0.5, 0.6) is 0 Å². The first kappa shape index (κ1) is 11.2. The van der Waals surface area contributed by atoms with E-state index in [1.165, 1.54) is 0 Å². The molecule has 1 aromatic heterocycles. The van der Waals surface area contributed by atoms with E-state index >= 15 is 0 Å². The largest absolute Gasteiger partial charge is 0.326 e. The second-order valence-corrected chi connectivity index (χ2v) is 4.40. The van der Waals surface area contributed by atoms with Crippen molar-refractivity contribution < 1.29 is 0 Å². The highest BCUT2D eigenvalue weighted by Crippen LogP contribution is 2.22. The third-order valence-electron chi connectivity index (χ3n) is 2.85. The first-order valence-corrected chi connectivity index (χ1v) is 5.96. The average Bonchev–Trinajstić information content (AvgIpc) is 2.82. The number of hydrogen-bond acceptors (Lipinski definition) is 3. The summed E-state index contributed by atoms with van der Waals surface area (Å²) in [5.41, 5.74) is 9.39. The molecular formula is C13H11ClN4.